The van der Waals surface area contributed by atoms with Crippen molar-refractivity contribution in [2.75, 3.05) is 19.6 Å². The second-order valence-electron chi connectivity index (χ2n) is 6.85. The van der Waals surface area contributed by atoms with E-state index in [1.165, 1.54) is 0 Å². The first-order chi connectivity index (χ1) is 10.8. The fourth-order valence-corrected chi connectivity index (χ4v) is 2.56. The topological polar surface area (TPSA) is 71.5 Å². The number of hydrogen-bond donors (Lipinski definition) is 1. The monoisotopic (exact) mass is 319 g/mol. The lowest BCUT2D eigenvalue weighted by Crippen LogP contribution is -2.42. The van der Waals surface area contributed by atoms with Gasteiger partial charge < -0.3 is 15.0 Å². The number of amides is 2. The summed E-state index contributed by atoms with van der Waals surface area (Å²) in [5.41, 5.74) is 0.190. The van der Waals surface area contributed by atoms with Crippen LogP contribution in [-0.4, -0.2) is 47.1 Å². The van der Waals surface area contributed by atoms with Crippen molar-refractivity contribution < 1.29 is 14.3 Å². The quantitative estimate of drug-likeness (QED) is 0.929. The summed E-state index contributed by atoms with van der Waals surface area (Å²) < 4.78 is 5.23. The van der Waals surface area contributed by atoms with Gasteiger partial charge in [0.25, 0.3) is 5.91 Å². The molecule has 2 rings (SSSR count). The fourth-order valence-electron chi connectivity index (χ4n) is 2.56. The molecule has 1 aliphatic rings. The van der Waals surface area contributed by atoms with E-state index in [0.29, 0.717) is 31.1 Å². The molecule has 0 radical (unpaired) electrons. The Labute approximate surface area is 137 Å². The summed E-state index contributed by atoms with van der Waals surface area (Å²) in [6, 6.07) is 3.47. The second-order valence-corrected chi connectivity index (χ2v) is 6.85. The minimum absolute atomic E-state index is 0.0472. The average Bonchev–Trinajstić information content (AvgIpc) is 2.52. The molecule has 0 atom stereocenters. The van der Waals surface area contributed by atoms with E-state index < -0.39 is 5.60 Å². The summed E-state index contributed by atoms with van der Waals surface area (Å²) in [6.45, 7) is 7.54. The maximum atomic E-state index is 12.3. The van der Waals surface area contributed by atoms with Crippen LogP contribution >= 0.6 is 0 Å². The minimum Gasteiger partial charge on any atom is -0.444 e. The Hall–Kier alpha value is -2.11. The van der Waals surface area contributed by atoms with Gasteiger partial charge in [-0.1, -0.05) is 0 Å². The molecule has 0 unspecified atom stereocenters. The van der Waals surface area contributed by atoms with E-state index in [1.807, 2.05) is 25.7 Å². The highest BCUT2D eigenvalue weighted by atomic mass is 16.6. The predicted molar refractivity (Wildman–Crippen MR) is 87.1 cm³/mol. The molecular formula is C17H25N3O3. The fraction of sp³-hybridized carbons (Fsp3) is 0.588. The van der Waals surface area contributed by atoms with Gasteiger partial charge in [-0.05, 0) is 51.7 Å². The number of carbonyl (C=O) groups excluding carboxylic acids is 2. The van der Waals surface area contributed by atoms with Gasteiger partial charge in [-0.25, -0.2) is 4.79 Å². The number of likely N-dealkylation sites (tertiary alicyclic amines) is 1. The van der Waals surface area contributed by atoms with Gasteiger partial charge >= 0.3 is 6.09 Å². The summed E-state index contributed by atoms with van der Waals surface area (Å²) in [7, 11) is 0. The number of rotatable bonds is 3. The second kappa shape index (κ2) is 7.44. The van der Waals surface area contributed by atoms with E-state index in [4.69, 9.17) is 4.74 Å². The van der Waals surface area contributed by atoms with Gasteiger partial charge in [-0.3, -0.25) is 9.78 Å². The first-order valence-electron chi connectivity index (χ1n) is 8.01. The van der Waals surface area contributed by atoms with Crippen LogP contribution in [0.1, 0.15) is 44.0 Å². The van der Waals surface area contributed by atoms with Crippen LogP contribution < -0.4 is 5.32 Å². The van der Waals surface area contributed by atoms with Gasteiger partial charge in [-0.2, -0.15) is 0 Å². The number of piperidine rings is 1. The van der Waals surface area contributed by atoms with Crippen LogP contribution in [0.5, 0.6) is 0 Å². The number of aromatic nitrogens is 1. The third-order valence-corrected chi connectivity index (χ3v) is 3.76. The van der Waals surface area contributed by atoms with Crippen LogP contribution in [0.3, 0.4) is 0 Å². The molecule has 1 N–H and O–H groups in total. The van der Waals surface area contributed by atoms with Gasteiger partial charge in [0.1, 0.15) is 5.60 Å². The standard InChI is InChI=1S/C17H25N3O3/c1-17(2,3)23-16(22)19-12-13-6-10-20(11-7-13)15(21)14-4-8-18-9-5-14/h4-5,8-9,13H,6-7,10-12H2,1-3H3,(H,19,22). The highest BCUT2D eigenvalue weighted by Gasteiger charge is 2.24. The van der Waals surface area contributed by atoms with Crippen LogP contribution in [0.25, 0.3) is 0 Å². The van der Waals surface area contributed by atoms with Gasteiger partial charge in [-0.15, -0.1) is 0 Å². The highest BCUT2D eigenvalue weighted by Crippen LogP contribution is 2.18. The molecular weight excluding hydrogens is 294 g/mol. The first-order valence-corrected chi connectivity index (χ1v) is 8.01. The van der Waals surface area contributed by atoms with Gasteiger partial charge in [0.15, 0.2) is 0 Å². The highest BCUT2D eigenvalue weighted by molar-refractivity contribution is 5.94. The number of alkyl carbamates (subject to hydrolysis) is 1. The van der Waals surface area contributed by atoms with E-state index in [-0.39, 0.29) is 12.0 Å². The van der Waals surface area contributed by atoms with Crippen molar-refractivity contribution in [2.24, 2.45) is 5.92 Å². The van der Waals surface area contributed by atoms with E-state index >= 15 is 0 Å². The maximum Gasteiger partial charge on any atom is 0.407 e. The zero-order chi connectivity index (χ0) is 16.9. The number of ether oxygens (including phenoxy) is 1. The Morgan fingerprint density at radius 1 is 1.26 bits per heavy atom. The lowest BCUT2D eigenvalue weighted by Gasteiger charge is -2.32. The molecule has 1 aliphatic heterocycles. The Morgan fingerprint density at radius 3 is 2.43 bits per heavy atom. The van der Waals surface area contributed by atoms with Crippen LogP contribution in [0.15, 0.2) is 24.5 Å². The van der Waals surface area contributed by atoms with Crippen LogP contribution in [-0.2, 0) is 4.74 Å². The van der Waals surface area contributed by atoms with Crippen molar-refractivity contribution in [3.8, 4) is 0 Å². The number of pyridine rings is 1. The Kier molecular flexibility index (Phi) is 5.58. The molecule has 6 nitrogen and oxygen atoms in total. The zero-order valence-electron chi connectivity index (χ0n) is 14.0. The maximum absolute atomic E-state index is 12.3. The Morgan fingerprint density at radius 2 is 1.87 bits per heavy atom. The zero-order valence-corrected chi connectivity index (χ0v) is 14.0. The summed E-state index contributed by atoms with van der Waals surface area (Å²) in [5, 5.41) is 2.81. The molecule has 1 aromatic rings. The summed E-state index contributed by atoms with van der Waals surface area (Å²) >= 11 is 0. The van der Waals surface area contributed by atoms with E-state index in [2.05, 4.69) is 10.3 Å². The SMILES string of the molecule is CC(C)(C)OC(=O)NCC1CCN(C(=O)c2ccncc2)CC1. The first kappa shape index (κ1) is 17.2. The molecule has 2 heterocycles. The van der Waals surface area contributed by atoms with Crippen LogP contribution in [0.4, 0.5) is 4.79 Å². The van der Waals surface area contributed by atoms with Crippen molar-refractivity contribution in [3.63, 3.8) is 0 Å². The molecule has 0 aromatic carbocycles. The summed E-state index contributed by atoms with van der Waals surface area (Å²) in [4.78, 5) is 29.8. The molecule has 2 amide bonds. The summed E-state index contributed by atoms with van der Waals surface area (Å²) in [5.74, 6) is 0.426. The Balaban J connectivity index is 1.74. The van der Waals surface area contributed by atoms with E-state index in [1.54, 1.807) is 24.5 Å². The molecule has 0 aliphatic carbocycles. The molecule has 6 heteroatoms. The van der Waals surface area contributed by atoms with Crippen LogP contribution in [0, 0.1) is 5.92 Å². The van der Waals surface area contributed by atoms with Gasteiger partial charge in [0, 0.05) is 37.6 Å². The number of nitrogens with zero attached hydrogens (tertiary/aromatic N) is 2. The van der Waals surface area contributed by atoms with Crippen molar-refractivity contribution in [1.82, 2.24) is 15.2 Å². The molecule has 1 fully saturated rings. The predicted octanol–water partition coefficient (Wildman–Crippen LogP) is 2.46. The van der Waals surface area contributed by atoms with E-state index in [0.717, 1.165) is 12.8 Å². The lowest BCUT2D eigenvalue weighted by atomic mass is 9.96. The Bertz CT molecular complexity index is 532. The molecule has 0 spiro atoms. The minimum atomic E-state index is -0.482. The number of nitrogens with one attached hydrogen (secondary N) is 1. The van der Waals surface area contributed by atoms with Crippen molar-refractivity contribution in [1.29, 1.82) is 0 Å². The third kappa shape index (κ3) is 5.54. The molecule has 23 heavy (non-hydrogen) atoms. The number of hydrogen-bond acceptors (Lipinski definition) is 4. The molecule has 0 bridgehead atoms. The lowest BCUT2D eigenvalue weighted by molar-refractivity contribution is 0.0500. The molecule has 1 aromatic heterocycles. The molecule has 1 saturated heterocycles. The van der Waals surface area contributed by atoms with Crippen molar-refractivity contribution >= 4 is 12.0 Å². The average molecular weight is 319 g/mol. The van der Waals surface area contributed by atoms with Crippen molar-refractivity contribution in [2.45, 2.75) is 39.2 Å². The normalized spacial score (nSPS) is 16.0. The van der Waals surface area contributed by atoms with Gasteiger partial charge in [0.2, 0.25) is 0 Å². The third-order valence-electron chi connectivity index (χ3n) is 3.76. The largest absolute Gasteiger partial charge is 0.444 e. The van der Waals surface area contributed by atoms with Crippen molar-refractivity contribution in [3.05, 3.63) is 30.1 Å². The van der Waals surface area contributed by atoms with Crippen LogP contribution in [0.2, 0.25) is 0 Å². The molecule has 0 saturated carbocycles. The smallest absolute Gasteiger partial charge is 0.407 e. The molecule has 126 valence electrons. The number of carbonyl (C=O) groups is 2. The summed E-state index contributed by atoms with van der Waals surface area (Å²) in [6.07, 6.45) is 4.64. The van der Waals surface area contributed by atoms with E-state index in [9.17, 15) is 9.59 Å². The van der Waals surface area contributed by atoms with Gasteiger partial charge in [0.05, 0.1) is 0 Å².